The predicted molar refractivity (Wildman–Crippen MR) is 86.0 cm³/mol. The zero-order chi connectivity index (χ0) is 15.8. The van der Waals surface area contributed by atoms with Gasteiger partial charge in [0.25, 0.3) is 0 Å². The zero-order valence-electron chi connectivity index (χ0n) is 12.2. The quantitative estimate of drug-likeness (QED) is 0.567. The molecule has 0 radical (unpaired) electrons. The number of nitrogens with zero attached hydrogens (tertiary/aromatic N) is 1. The van der Waals surface area contributed by atoms with Gasteiger partial charge < -0.3 is 9.05 Å². The van der Waals surface area contributed by atoms with Gasteiger partial charge in [-0.2, -0.15) is 5.26 Å². The van der Waals surface area contributed by atoms with Crippen LogP contribution in [0.1, 0.15) is 6.92 Å². The van der Waals surface area contributed by atoms with E-state index in [4.69, 9.17) is 14.3 Å². The minimum atomic E-state index is -3.47. The summed E-state index contributed by atoms with van der Waals surface area (Å²) in [5.41, 5.74) is 0.637. The summed E-state index contributed by atoms with van der Waals surface area (Å²) in [4.78, 5) is 0. The van der Waals surface area contributed by atoms with Gasteiger partial charge in [0.15, 0.2) is 0 Å². The number of hydrogen-bond donors (Lipinski definition) is 0. The molecule has 0 bridgehead atoms. The molecule has 0 saturated heterocycles. The molecule has 112 valence electrons. The van der Waals surface area contributed by atoms with Gasteiger partial charge in [0, 0.05) is 6.08 Å². The Morgan fingerprint density at radius 1 is 1.05 bits per heavy atom. The van der Waals surface area contributed by atoms with Crippen molar-refractivity contribution < 1.29 is 13.6 Å². The second-order valence-electron chi connectivity index (χ2n) is 4.70. The fourth-order valence-electron chi connectivity index (χ4n) is 1.83. The average molecular weight is 313 g/mol. The van der Waals surface area contributed by atoms with E-state index >= 15 is 0 Å². The number of benzene rings is 2. The van der Waals surface area contributed by atoms with E-state index in [9.17, 15) is 4.57 Å². The summed E-state index contributed by atoms with van der Waals surface area (Å²) in [6.45, 7) is 1.72. The standard InChI is InChI=1S/C17H16NO3P/c1-15(12-13-18)14-22(19,20-16-8-4-2-5-9-16)21-17-10-6-3-7-11-17/h2-12H,14H2,1H3/b15-12+. The fourth-order valence-corrected chi connectivity index (χ4v) is 3.58. The fraction of sp³-hybridized carbons (Fsp3) is 0.118. The Hall–Kier alpha value is -2.50. The van der Waals surface area contributed by atoms with Crippen molar-refractivity contribution in [3.8, 4) is 17.6 Å². The molecule has 2 aromatic carbocycles. The first kappa shape index (κ1) is 15.9. The predicted octanol–water partition coefficient (Wildman–Crippen LogP) is 4.81. The highest BCUT2D eigenvalue weighted by atomic mass is 31.2. The molecule has 0 N–H and O–H groups in total. The van der Waals surface area contributed by atoms with E-state index in [0.29, 0.717) is 17.1 Å². The van der Waals surface area contributed by atoms with E-state index in [-0.39, 0.29) is 6.16 Å². The van der Waals surface area contributed by atoms with E-state index in [1.54, 1.807) is 55.5 Å². The molecule has 0 fully saturated rings. The van der Waals surface area contributed by atoms with Gasteiger partial charge in [-0.25, -0.2) is 4.57 Å². The van der Waals surface area contributed by atoms with Crippen LogP contribution in [0.15, 0.2) is 72.3 Å². The Morgan fingerprint density at radius 3 is 1.91 bits per heavy atom. The van der Waals surface area contributed by atoms with Crippen LogP contribution in [0.3, 0.4) is 0 Å². The van der Waals surface area contributed by atoms with Crippen molar-refractivity contribution in [1.29, 1.82) is 5.26 Å². The summed E-state index contributed by atoms with van der Waals surface area (Å²) in [5, 5.41) is 8.72. The minimum absolute atomic E-state index is 0.0460. The Kier molecular flexibility index (Phi) is 5.41. The maximum absolute atomic E-state index is 13.0. The number of nitriles is 1. The number of allylic oxidation sites excluding steroid dienone is 2. The lowest BCUT2D eigenvalue weighted by molar-refractivity contribution is 0.388. The molecule has 0 aliphatic carbocycles. The van der Waals surface area contributed by atoms with Gasteiger partial charge in [0.1, 0.15) is 11.5 Å². The molecular weight excluding hydrogens is 297 g/mol. The molecule has 0 amide bonds. The third-order valence-electron chi connectivity index (χ3n) is 2.73. The van der Waals surface area contributed by atoms with Crippen LogP contribution in [0.2, 0.25) is 0 Å². The van der Waals surface area contributed by atoms with Crippen LogP contribution in [0, 0.1) is 11.3 Å². The maximum atomic E-state index is 13.0. The summed E-state index contributed by atoms with van der Waals surface area (Å²) in [6.07, 6.45) is 1.39. The minimum Gasteiger partial charge on any atom is -0.416 e. The molecule has 0 heterocycles. The molecule has 2 rings (SSSR count). The highest BCUT2D eigenvalue weighted by Gasteiger charge is 2.28. The normalized spacial score (nSPS) is 11.5. The summed E-state index contributed by atoms with van der Waals surface area (Å²) in [7, 11) is -3.47. The molecule has 0 spiro atoms. The van der Waals surface area contributed by atoms with Crippen molar-refractivity contribution in [1.82, 2.24) is 0 Å². The van der Waals surface area contributed by atoms with E-state index in [1.165, 1.54) is 6.08 Å². The highest BCUT2D eigenvalue weighted by Crippen LogP contribution is 2.49. The Labute approximate surface area is 130 Å². The molecule has 2 aromatic rings. The van der Waals surface area contributed by atoms with Crippen LogP contribution in [-0.4, -0.2) is 6.16 Å². The van der Waals surface area contributed by atoms with E-state index in [0.717, 1.165) is 0 Å². The van der Waals surface area contributed by atoms with Crippen LogP contribution in [0.5, 0.6) is 11.5 Å². The molecule has 0 aliphatic heterocycles. The average Bonchev–Trinajstić information content (AvgIpc) is 2.49. The second-order valence-corrected chi connectivity index (χ2v) is 6.60. The van der Waals surface area contributed by atoms with Crippen LogP contribution < -0.4 is 9.05 Å². The van der Waals surface area contributed by atoms with Gasteiger partial charge in [-0.1, -0.05) is 36.4 Å². The molecule has 0 saturated carbocycles. The second kappa shape index (κ2) is 7.49. The molecule has 0 aromatic heterocycles. The summed E-state index contributed by atoms with van der Waals surface area (Å²) in [5.74, 6) is 0.929. The zero-order valence-corrected chi connectivity index (χ0v) is 13.1. The first-order valence-corrected chi connectivity index (χ1v) is 8.48. The first-order valence-electron chi connectivity index (χ1n) is 6.75. The third kappa shape index (κ3) is 4.80. The molecular formula is C17H16NO3P. The van der Waals surface area contributed by atoms with Crippen molar-refractivity contribution in [2.75, 3.05) is 6.16 Å². The van der Waals surface area contributed by atoms with E-state index in [1.807, 2.05) is 18.2 Å². The maximum Gasteiger partial charge on any atom is 0.434 e. The van der Waals surface area contributed by atoms with Gasteiger partial charge in [0.2, 0.25) is 0 Å². The third-order valence-corrected chi connectivity index (χ3v) is 4.59. The van der Waals surface area contributed by atoms with Crippen LogP contribution in [0.4, 0.5) is 0 Å². The number of hydrogen-bond acceptors (Lipinski definition) is 4. The van der Waals surface area contributed by atoms with Gasteiger partial charge in [-0.15, -0.1) is 0 Å². The highest BCUT2D eigenvalue weighted by molar-refractivity contribution is 7.54. The van der Waals surface area contributed by atoms with Crippen molar-refractivity contribution in [2.45, 2.75) is 6.92 Å². The topological polar surface area (TPSA) is 59.3 Å². The summed E-state index contributed by atoms with van der Waals surface area (Å²) >= 11 is 0. The van der Waals surface area contributed by atoms with Gasteiger partial charge in [0.05, 0.1) is 12.2 Å². The lowest BCUT2D eigenvalue weighted by Gasteiger charge is -2.20. The number of rotatable bonds is 6. The van der Waals surface area contributed by atoms with Gasteiger partial charge in [-0.3, -0.25) is 0 Å². The Morgan fingerprint density at radius 2 is 1.50 bits per heavy atom. The van der Waals surface area contributed by atoms with Crippen LogP contribution in [0.25, 0.3) is 0 Å². The van der Waals surface area contributed by atoms with Gasteiger partial charge >= 0.3 is 7.60 Å². The molecule has 5 heteroatoms. The van der Waals surface area contributed by atoms with E-state index in [2.05, 4.69) is 0 Å². The van der Waals surface area contributed by atoms with Crippen LogP contribution in [-0.2, 0) is 4.57 Å². The van der Waals surface area contributed by atoms with Crippen molar-refractivity contribution >= 4 is 7.60 Å². The summed E-state index contributed by atoms with van der Waals surface area (Å²) in [6, 6.07) is 19.6. The van der Waals surface area contributed by atoms with Crippen molar-refractivity contribution in [3.63, 3.8) is 0 Å². The molecule has 0 atom stereocenters. The Balaban J connectivity index is 2.25. The largest absolute Gasteiger partial charge is 0.434 e. The molecule has 0 aliphatic rings. The SMILES string of the molecule is C/C(=C\C#N)CP(=O)(Oc1ccccc1)Oc1ccccc1. The molecule has 0 unspecified atom stereocenters. The Bertz CT molecular complexity index is 675. The first-order chi connectivity index (χ1) is 10.6. The monoisotopic (exact) mass is 313 g/mol. The van der Waals surface area contributed by atoms with Crippen molar-refractivity contribution in [3.05, 3.63) is 72.3 Å². The van der Waals surface area contributed by atoms with Gasteiger partial charge in [-0.05, 0) is 36.8 Å². The number of para-hydroxylation sites is 2. The lowest BCUT2D eigenvalue weighted by atomic mass is 10.3. The molecule has 22 heavy (non-hydrogen) atoms. The van der Waals surface area contributed by atoms with Crippen LogP contribution >= 0.6 is 7.60 Å². The van der Waals surface area contributed by atoms with E-state index < -0.39 is 7.60 Å². The van der Waals surface area contributed by atoms with Crippen molar-refractivity contribution in [2.24, 2.45) is 0 Å². The molecule has 4 nitrogen and oxygen atoms in total. The smallest absolute Gasteiger partial charge is 0.416 e. The summed E-state index contributed by atoms with van der Waals surface area (Å²) < 4.78 is 24.3. The lowest BCUT2D eigenvalue weighted by Crippen LogP contribution is -2.06.